The number of nitrogen functional groups attached to an aromatic ring is 1. The van der Waals surface area contributed by atoms with Gasteiger partial charge in [-0.2, -0.15) is 0 Å². The molecule has 0 aliphatic carbocycles. The number of rotatable bonds is 11. The van der Waals surface area contributed by atoms with E-state index in [1.807, 2.05) is 18.2 Å². The highest BCUT2D eigenvalue weighted by Crippen LogP contribution is 2.31. The number of methoxy groups -OCH3 is 2. The minimum atomic E-state index is -0.791. The third kappa shape index (κ3) is 12.3. The quantitative estimate of drug-likeness (QED) is 0.165. The fourth-order valence-corrected chi connectivity index (χ4v) is 5.70. The molecule has 1 amide bonds. The van der Waals surface area contributed by atoms with Gasteiger partial charge in [0.1, 0.15) is 11.9 Å². The van der Waals surface area contributed by atoms with E-state index < -0.39 is 17.7 Å². The highest BCUT2D eigenvalue weighted by molar-refractivity contribution is 7.97. The second-order valence-electron chi connectivity index (χ2n) is 11.0. The number of anilines is 1. The largest absolute Gasteiger partial charge is 0.495 e. The van der Waals surface area contributed by atoms with Gasteiger partial charge in [0.05, 0.1) is 19.4 Å². The Kier molecular flexibility index (Phi) is 15.4. The molecule has 0 aromatic heterocycles. The monoisotopic (exact) mass is 611 g/mol. The fraction of sp³-hybridized carbons (Fsp3) is 0.581. The van der Waals surface area contributed by atoms with Crippen LogP contribution in [0.1, 0.15) is 46.1 Å². The number of hydrogen-bond donors (Lipinski definition) is 2. The van der Waals surface area contributed by atoms with Crippen molar-refractivity contribution in [3.05, 3.63) is 53.6 Å². The van der Waals surface area contributed by atoms with E-state index in [0.717, 1.165) is 48.5 Å². The summed E-state index contributed by atoms with van der Waals surface area (Å²) in [7, 11) is 3.26. The van der Waals surface area contributed by atoms with Crippen molar-refractivity contribution < 1.29 is 32.5 Å². The Morgan fingerprint density at radius 2 is 1.88 bits per heavy atom. The van der Waals surface area contributed by atoms with E-state index in [9.17, 15) is 13.6 Å². The van der Waals surface area contributed by atoms with Crippen LogP contribution >= 0.6 is 11.9 Å². The van der Waals surface area contributed by atoms with Crippen molar-refractivity contribution in [2.45, 2.75) is 64.7 Å². The summed E-state index contributed by atoms with van der Waals surface area (Å²) in [6, 6.07) is 9.61. The van der Waals surface area contributed by atoms with Crippen molar-refractivity contribution in [2.75, 3.05) is 46.2 Å². The summed E-state index contributed by atoms with van der Waals surface area (Å²) in [5.41, 5.74) is 7.28. The average molecular weight is 612 g/mol. The molecule has 1 aliphatic rings. The molecular weight excluding hydrogens is 564 g/mol. The van der Waals surface area contributed by atoms with Gasteiger partial charge in [0.25, 0.3) is 0 Å². The van der Waals surface area contributed by atoms with Crippen LogP contribution in [0.25, 0.3) is 0 Å². The van der Waals surface area contributed by atoms with Crippen LogP contribution in [0, 0.1) is 36.3 Å². The Morgan fingerprint density at radius 1 is 1.14 bits per heavy atom. The van der Waals surface area contributed by atoms with Crippen LogP contribution < -0.4 is 15.8 Å². The van der Waals surface area contributed by atoms with E-state index in [-0.39, 0.29) is 24.2 Å². The van der Waals surface area contributed by atoms with Crippen molar-refractivity contribution in [1.29, 1.82) is 0 Å². The predicted molar refractivity (Wildman–Crippen MR) is 163 cm³/mol. The predicted octanol–water partition coefficient (Wildman–Crippen LogP) is 6.67. The topological polar surface area (TPSA) is 95.3 Å². The van der Waals surface area contributed by atoms with E-state index >= 15 is 0 Å². The first-order valence-electron chi connectivity index (χ1n) is 14.3. The summed E-state index contributed by atoms with van der Waals surface area (Å²) in [6.45, 7) is 12.9. The van der Waals surface area contributed by atoms with Gasteiger partial charge < -0.3 is 30.0 Å². The Bertz CT molecular complexity index is 1110. The lowest BCUT2D eigenvalue weighted by atomic mass is 9.94. The highest BCUT2D eigenvalue weighted by Gasteiger charge is 2.32. The number of ether oxygens (including phenoxy) is 4. The number of aryl methyl sites for hydroxylation is 1. The van der Waals surface area contributed by atoms with Crippen molar-refractivity contribution in [2.24, 2.45) is 17.8 Å². The molecule has 4 atom stereocenters. The van der Waals surface area contributed by atoms with Gasteiger partial charge in [0.2, 0.25) is 0 Å². The Hall–Kier alpha value is -2.60. The molecule has 236 valence electrons. The zero-order chi connectivity index (χ0) is 31.2. The van der Waals surface area contributed by atoms with E-state index in [4.69, 9.17) is 24.7 Å². The van der Waals surface area contributed by atoms with Crippen LogP contribution in [0.15, 0.2) is 41.3 Å². The Labute approximate surface area is 253 Å². The molecule has 0 saturated carbocycles. The van der Waals surface area contributed by atoms with Gasteiger partial charge in [-0.15, -0.1) is 0 Å². The second kappa shape index (κ2) is 18.1. The zero-order valence-electron chi connectivity index (χ0n) is 25.8. The maximum atomic E-state index is 12.4. The molecule has 3 N–H and O–H groups in total. The van der Waals surface area contributed by atoms with Crippen molar-refractivity contribution >= 4 is 23.7 Å². The molecule has 1 fully saturated rings. The third-order valence-corrected chi connectivity index (χ3v) is 7.75. The number of nitrogens with two attached hydrogens (primary N) is 1. The highest BCUT2D eigenvalue weighted by atomic mass is 32.2. The number of carbonyl (C=O) groups is 1. The SMILES string of the molecule is COc1cc(SN(CCCNC(=O)OC2COC(OC)C(C)CC2C)CC(C)C)ccc1N.Cc1ccc(F)c(F)c1. The summed E-state index contributed by atoms with van der Waals surface area (Å²) in [5.74, 6) is 0.0847. The summed E-state index contributed by atoms with van der Waals surface area (Å²) in [5, 5.41) is 2.89. The van der Waals surface area contributed by atoms with Crippen LogP contribution in [0.5, 0.6) is 5.75 Å². The summed E-state index contributed by atoms with van der Waals surface area (Å²) in [4.78, 5) is 13.4. The zero-order valence-corrected chi connectivity index (χ0v) is 26.6. The molecule has 11 heteroatoms. The Balaban J connectivity index is 0.000000581. The van der Waals surface area contributed by atoms with Gasteiger partial charge in [0.15, 0.2) is 17.9 Å². The molecule has 3 rings (SSSR count). The molecule has 0 spiro atoms. The smallest absolute Gasteiger partial charge is 0.407 e. The minimum absolute atomic E-state index is 0.209. The molecule has 1 aliphatic heterocycles. The molecule has 2 aromatic rings. The Morgan fingerprint density at radius 3 is 2.50 bits per heavy atom. The van der Waals surface area contributed by atoms with Crippen molar-refractivity contribution in [1.82, 2.24) is 9.62 Å². The molecule has 0 bridgehead atoms. The summed E-state index contributed by atoms with van der Waals surface area (Å²) < 4.78 is 48.8. The molecule has 42 heavy (non-hydrogen) atoms. The molecule has 2 aromatic carbocycles. The van der Waals surface area contributed by atoms with Crippen LogP contribution in [-0.4, -0.2) is 63.3 Å². The number of halogens is 2. The van der Waals surface area contributed by atoms with Crippen LogP contribution in [0.4, 0.5) is 19.3 Å². The molecule has 1 saturated heterocycles. The third-order valence-electron chi connectivity index (χ3n) is 6.70. The molecular formula is C31H47F2N3O5S. The van der Waals surface area contributed by atoms with Gasteiger partial charge in [-0.25, -0.2) is 17.9 Å². The van der Waals surface area contributed by atoms with Crippen molar-refractivity contribution in [3.63, 3.8) is 0 Å². The van der Waals surface area contributed by atoms with Gasteiger partial charge in [-0.3, -0.25) is 0 Å². The molecule has 4 unspecified atom stereocenters. The second-order valence-corrected chi connectivity index (χ2v) is 12.2. The molecule has 1 heterocycles. The fourth-order valence-electron chi connectivity index (χ4n) is 4.52. The molecule has 8 nitrogen and oxygen atoms in total. The minimum Gasteiger partial charge on any atom is -0.495 e. The summed E-state index contributed by atoms with van der Waals surface area (Å²) >= 11 is 1.67. The number of amides is 1. The average Bonchev–Trinajstić information content (AvgIpc) is 3.06. The lowest BCUT2D eigenvalue weighted by Crippen LogP contribution is -2.35. The van der Waals surface area contributed by atoms with E-state index in [1.54, 1.807) is 33.1 Å². The van der Waals surface area contributed by atoms with Crippen molar-refractivity contribution in [3.8, 4) is 5.75 Å². The first-order chi connectivity index (χ1) is 19.9. The lowest BCUT2D eigenvalue weighted by molar-refractivity contribution is -0.155. The van der Waals surface area contributed by atoms with Gasteiger partial charge in [-0.1, -0.05) is 33.8 Å². The lowest BCUT2D eigenvalue weighted by Gasteiger charge is -2.24. The summed E-state index contributed by atoms with van der Waals surface area (Å²) in [6.07, 6.45) is 0.759. The number of hydrogen-bond acceptors (Lipinski definition) is 8. The number of alkyl carbamates (subject to hydrolysis) is 1. The van der Waals surface area contributed by atoms with Crippen LogP contribution in [-0.2, 0) is 14.2 Å². The van der Waals surface area contributed by atoms with E-state index in [1.165, 1.54) is 6.07 Å². The first-order valence-corrected chi connectivity index (χ1v) is 15.1. The maximum absolute atomic E-state index is 12.4. The van der Waals surface area contributed by atoms with Gasteiger partial charge in [-0.05, 0) is 79.4 Å². The van der Waals surface area contributed by atoms with E-state index in [0.29, 0.717) is 30.5 Å². The molecule has 0 radical (unpaired) electrons. The number of nitrogens with one attached hydrogen (secondary N) is 1. The maximum Gasteiger partial charge on any atom is 0.407 e. The first kappa shape index (κ1) is 35.6. The number of nitrogens with zero attached hydrogens (tertiary/aromatic N) is 1. The standard InChI is InChI=1S/C24H41N3O5S.C7H6F2/c1-16(2)14-27(33-19-8-9-20(25)21(13-19)29-5)11-7-10-26-24(28)32-22-15-31-23(30-6)18(4)12-17(22)3;1-5-2-3-6(8)7(9)4-5/h8-9,13,16-18,22-23H,7,10-12,14-15,25H2,1-6H3,(H,26,28);2-4H,1H3. The number of benzene rings is 2. The van der Waals surface area contributed by atoms with Crippen LogP contribution in [0.2, 0.25) is 0 Å². The number of carbonyl (C=O) groups excluding carboxylic acids is 1. The van der Waals surface area contributed by atoms with E-state index in [2.05, 4.69) is 37.3 Å². The van der Waals surface area contributed by atoms with Crippen LogP contribution in [0.3, 0.4) is 0 Å². The van der Waals surface area contributed by atoms with Gasteiger partial charge >= 0.3 is 6.09 Å². The van der Waals surface area contributed by atoms with Gasteiger partial charge in [0, 0.05) is 37.6 Å². The normalized spacial score (nSPS) is 20.5.